The average Bonchev–Trinajstić information content (AvgIpc) is 3.04. The van der Waals surface area contributed by atoms with Crippen molar-refractivity contribution in [1.29, 1.82) is 0 Å². The lowest BCUT2D eigenvalue weighted by Gasteiger charge is -2.26. The van der Waals surface area contributed by atoms with E-state index in [2.05, 4.69) is 66.2 Å². The van der Waals surface area contributed by atoms with Gasteiger partial charge in [0.15, 0.2) is 0 Å². The highest BCUT2D eigenvalue weighted by Crippen LogP contribution is 2.38. The van der Waals surface area contributed by atoms with Crippen molar-refractivity contribution in [2.45, 2.75) is 52.6 Å². The standard InChI is InChI=1S/C36H39N5O4/c1-23(2)30-18-28(26-10-5-12-29(17-26)45-22-25-9-6-13-37-21-25)19-31(24(3)4)33(30)39-36(44)41(15-8-16-42)32-20-27-11-7-14-38-34(27)40-35(32)43/h5-7,9-14,17-21,23-24,42H,8,15-16,22H2,1-4H3,(H,39,44)(H,38,40,43). The molecule has 0 aliphatic rings. The zero-order valence-corrected chi connectivity index (χ0v) is 26.1. The highest BCUT2D eigenvalue weighted by molar-refractivity contribution is 6.03. The summed E-state index contributed by atoms with van der Waals surface area (Å²) in [7, 11) is 0. The number of aromatic nitrogens is 3. The van der Waals surface area contributed by atoms with Crippen LogP contribution in [0.1, 0.15) is 62.6 Å². The number of H-pyrrole nitrogens is 1. The molecule has 0 radical (unpaired) electrons. The second-order valence-corrected chi connectivity index (χ2v) is 11.6. The summed E-state index contributed by atoms with van der Waals surface area (Å²) in [4.78, 5) is 39.6. The Morgan fingerprint density at radius 3 is 2.40 bits per heavy atom. The third kappa shape index (κ3) is 7.38. The number of anilines is 2. The Kier molecular flexibility index (Phi) is 9.89. The molecule has 9 nitrogen and oxygen atoms in total. The minimum atomic E-state index is -0.445. The van der Waals surface area contributed by atoms with Crippen LogP contribution in [0.25, 0.3) is 22.2 Å². The normalized spacial score (nSPS) is 11.3. The minimum Gasteiger partial charge on any atom is -0.489 e. The molecule has 0 aliphatic heterocycles. The highest BCUT2D eigenvalue weighted by Gasteiger charge is 2.24. The number of carbonyl (C=O) groups is 1. The molecule has 0 atom stereocenters. The van der Waals surface area contributed by atoms with Gasteiger partial charge in [-0.2, -0.15) is 0 Å². The lowest BCUT2D eigenvalue weighted by Crippen LogP contribution is -2.39. The van der Waals surface area contributed by atoms with E-state index in [1.165, 1.54) is 4.90 Å². The zero-order valence-electron chi connectivity index (χ0n) is 26.1. The molecule has 3 aromatic heterocycles. The number of aromatic amines is 1. The van der Waals surface area contributed by atoms with Gasteiger partial charge in [-0.25, -0.2) is 9.78 Å². The van der Waals surface area contributed by atoms with Crippen molar-refractivity contribution in [3.8, 4) is 16.9 Å². The number of hydrogen-bond acceptors (Lipinski definition) is 6. The Hall–Kier alpha value is -5.02. The number of urea groups is 1. The Morgan fingerprint density at radius 1 is 0.956 bits per heavy atom. The molecule has 232 valence electrons. The van der Waals surface area contributed by atoms with Crippen molar-refractivity contribution < 1.29 is 14.6 Å². The molecule has 0 unspecified atom stereocenters. The number of nitrogens with one attached hydrogen (secondary N) is 2. The summed E-state index contributed by atoms with van der Waals surface area (Å²) in [6, 6.07) is 20.9. The maximum absolute atomic E-state index is 14.0. The molecule has 3 N–H and O–H groups in total. The lowest BCUT2D eigenvalue weighted by atomic mass is 9.88. The number of amides is 2. The molecule has 0 spiro atoms. The molecular weight excluding hydrogens is 566 g/mol. The van der Waals surface area contributed by atoms with Crippen LogP contribution in [0.5, 0.6) is 5.75 Å². The Labute approximate surface area is 262 Å². The topological polar surface area (TPSA) is 120 Å². The third-order valence-electron chi connectivity index (χ3n) is 7.64. The van der Waals surface area contributed by atoms with Crippen LogP contribution in [-0.2, 0) is 6.61 Å². The molecule has 0 fully saturated rings. The molecule has 0 saturated carbocycles. The molecule has 3 heterocycles. The van der Waals surface area contributed by atoms with Gasteiger partial charge in [-0.1, -0.05) is 45.9 Å². The second-order valence-electron chi connectivity index (χ2n) is 11.6. The fourth-order valence-corrected chi connectivity index (χ4v) is 5.28. The maximum atomic E-state index is 14.0. The van der Waals surface area contributed by atoms with E-state index >= 15 is 0 Å². The number of aliphatic hydroxyl groups excluding tert-OH is 1. The summed E-state index contributed by atoms with van der Waals surface area (Å²) in [5.74, 6) is 0.925. The lowest BCUT2D eigenvalue weighted by molar-refractivity contribution is 0.254. The van der Waals surface area contributed by atoms with Crippen molar-refractivity contribution in [2.75, 3.05) is 23.4 Å². The van der Waals surface area contributed by atoms with Crippen molar-refractivity contribution in [3.05, 3.63) is 112 Å². The number of benzene rings is 2. The van der Waals surface area contributed by atoms with E-state index in [1.54, 1.807) is 30.7 Å². The molecule has 0 saturated heterocycles. The number of aliphatic hydroxyl groups is 1. The van der Waals surface area contributed by atoms with Crippen LogP contribution in [0, 0.1) is 0 Å². The van der Waals surface area contributed by atoms with Crippen LogP contribution in [-0.4, -0.2) is 39.2 Å². The summed E-state index contributed by atoms with van der Waals surface area (Å²) >= 11 is 0. The predicted molar refractivity (Wildman–Crippen MR) is 179 cm³/mol. The highest BCUT2D eigenvalue weighted by atomic mass is 16.5. The Morgan fingerprint density at radius 2 is 1.71 bits per heavy atom. The fraction of sp³-hybridized carbons (Fsp3) is 0.278. The first-order chi connectivity index (χ1) is 21.7. The van der Waals surface area contributed by atoms with Gasteiger partial charge in [-0.15, -0.1) is 0 Å². The van der Waals surface area contributed by atoms with E-state index in [9.17, 15) is 14.7 Å². The summed E-state index contributed by atoms with van der Waals surface area (Å²) in [6.45, 7) is 8.84. The van der Waals surface area contributed by atoms with Crippen molar-refractivity contribution in [2.24, 2.45) is 0 Å². The number of fused-ring (bicyclic) bond motifs is 1. The van der Waals surface area contributed by atoms with Crippen LogP contribution in [0.3, 0.4) is 0 Å². The summed E-state index contributed by atoms with van der Waals surface area (Å²) in [5, 5.41) is 13.5. The maximum Gasteiger partial charge on any atom is 0.326 e. The molecular formula is C36H39N5O4. The average molecular weight is 606 g/mol. The van der Waals surface area contributed by atoms with Gasteiger partial charge < -0.3 is 20.1 Å². The monoisotopic (exact) mass is 605 g/mol. The summed E-state index contributed by atoms with van der Waals surface area (Å²) < 4.78 is 6.07. The van der Waals surface area contributed by atoms with Crippen molar-refractivity contribution in [3.63, 3.8) is 0 Å². The van der Waals surface area contributed by atoms with E-state index in [-0.39, 0.29) is 30.7 Å². The van der Waals surface area contributed by atoms with E-state index in [1.807, 2.05) is 36.4 Å². The van der Waals surface area contributed by atoms with Gasteiger partial charge in [-0.05, 0) is 89.0 Å². The summed E-state index contributed by atoms with van der Waals surface area (Å²) in [5.41, 5.74) is 5.90. The van der Waals surface area contributed by atoms with E-state index in [0.717, 1.165) is 39.3 Å². The summed E-state index contributed by atoms with van der Waals surface area (Å²) in [6.07, 6.45) is 5.44. The number of nitrogens with zero attached hydrogens (tertiary/aromatic N) is 3. The molecule has 9 heteroatoms. The second kappa shape index (κ2) is 14.2. The molecule has 5 aromatic rings. The van der Waals surface area contributed by atoms with Gasteiger partial charge in [0.25, 0.3) is 5.56 Å². The smallest absolute Gasteiger partial charge is 0.326 e. The van der Waals surface area contributed by atoms with Gasteiger partial charge in [0, 0.05) is 48.4 Å². The van der Waals surface area contributed by atoms with Gasteiger partial charge >= 0.3 is 6.03 Å². The van der Waals surface area contributed by atoms with Crippen molar-refractivity contribution in [1.82, 2.24) is 15.0 Å². The Bertz CT molecular complexity index is 1810. The number of carbonyl (C=O) groups excluding carboxylic acids is 1. The van der Waals surface area contributed by atoms with Crippen LogP contribution in [0.2, 0.25) is 0 Å². The zero-order chi connectivity index (χ0) is 31.9. The first-order valence-electron chi connectivity index (χ1n) is 15.2. The molecule has 2 aromatic carbocycles. The van der Waals surface area contributed by atoms with E-state index < -0.39 is 11.6 Å². The fourth-order valence-electron chi connectivity index (χ4n) is 5.28. The molecule has 2 amide bonds. The van der Waals surface area contributed by atoms with Crippen LogP contribution in [0.15, 0.2) is 90.1 Å². The Balaban J connectivity index is 1.50. The number of hydrogen-bond donors (Lipinski definition) is 3. The SMILES string of the molecule is CC(C)c1cc(-c2cccc(OCc3cccnc3)c2)cc(C(C)C)c1NC(=O)N(CCCO)c1cc2cccnc2[nH]c1=O. The van der Waals surface area contributed by atoms with Gasteiger partial charge in [-0.3, -0.25) is 14.7 Å². The van der Waals surface area contributed by atoms with Gasteiger partial charge in [0.05, 0.1) is 0 Å². The number of ether oxygens (including phenoxy) is 1. The number of rotatable bonds is 11. The first-order valence-corrected chi connectivity index (χ1v) is 15.2. The van der Waals surface area contributed by atoms with Crippen LogP contribution >= 0.6 is 0 Å². The van der Waals surface area contributed by atoms with Crippen molar-refractivity contribution >= 4 is 28.4 Å². The quantitative estimate of drug-likeness (QED) is 0.146. The van der Waals surface area contributed by atoms with E-state index in [4.69, 9.17) is 4.74 Å². The number of pyridine rings is 3. The van der Waals surface area contributed by atoms with Gasteiger partial charge in [0.2, 0.25) is 0 Å². The van der Waals surface area contributed by atoms with Gasteiger partial charge in [0.1, 0.15) is 23.7 Å². The predicted octanol–water partition coefficient (Wildman–Crippen LogP) is 7.23. The molecule has 45 heavy (non-hydrogen) atoms. The first kappa shape index (κ1) is 31.4. The van der Waals surface area contributed by atoms with Crippen LogP contribution in [0.4, 0.5) is 16.2 Å². The molecule has 0 aliphatic carbocycles. The van der Waals surface area contributed by atoms with Crippen LogP contribution < -0.4 is 20.5 Å². The largest absolute Gasteiger partial charge is 0.489 e. The molecule has 5 rings (SSSR count). The minimum absolute atomic E-state index is 0.0869. The molecule has 0 bridgehead atoms. The van der Waals surface area contributed by atoms with E-state index in [0.29, 0.717) is 24.1 Å². The third-order valence-corrected chi connectivity index (χ3v) is 7.64.